The van der Waals surface area contributed by atoms with E-state index >= 15 is 0 Å². The molecule has 3 N–H and O–H groups in total. The third kappa shape index (κ3) is 2.10. The van der Waals surface area contributed by atoms with Gasteiger partial charge in [0.1, 0.15) is 17.5 Å². The van der Waals surface area contributed by atoms with Crippen molar-refractivity contribution in [3.05, 3.63) is 11.4 Å². The lowest BCUT2D eigenvalue weighted by Crippen LogP contribution is -2.33. The predicted molar refractivity (Wildman–Crippen MR) is 66.4 cm³/mol. The summed E-state index contributed by atoms with van der Waals surface area (Å²) >= 11 is 0. The molecule has 0 saturated heterocycles. The zero-order valence-electron chi connectivity index (χ0n) is 10.3. The molecule has 0 atom stereocenters. The fraction of sp³-hybridized carbons (Fsp3) is 0.667. The molecule has 0 aliphatic heterocycles. The van der Waals surface area contributed by atoms with Crippen LogP contribution >= 0.6 is 0 Å². The summed E-state index contributed by atoms with van der Waals surface area (Å²) < 4.78 is 0. The Morgan fingerprint density at radius 3 is 2.56 bits per heavy atom. The van der Waals surface area contributed by atoms with Gasteiger partial charge in [0, 0.05) is 12.1 Å². The van der Waals surface area contributed by atoms with Gasteiger partial charge in [-0.15, -0.1) is 0 Å². The van der Waals surface area contributed by atoms with E-state index in [2.05, 4.69) is 22.2 Å². The van der Waals surface area contributed by atoms with Crippen LogP contribution in [-0.2, 0) is 0 Å². The van der Waals surface area contributed by atoms with Crippen LogP contribution in [0.15, 0.2) is 0 Å². The van der Waals surface area contributed by atoms with Crippen LogP contribution in [0.1, 0.15) is 37.6 Å². The van der Waals surface area contributed by atoms with Crippen LogP contribution in [-0.4, -0.2) is 16.5 Å². The standard InChI is InChI=1S/C12H20N4/c1-8-10(13)15-9(2)16-11(8)14-7-12(3)5-4-6-12/h4-7H2,1-3H3,(H3,13,14,15,16). The molecule has 88 valence electrons. The van der Waals surface area contributed by atoms with Crippen molar-refractivity contribution in [2.45, 2.75) is 40.0 Å². The molecule has 0 unspecified atom stereocenters. The Morgan fingerprint density at radius 1 is 1.31 bits per heavy atom. The van der Waals surface area contributed by atoms with E-state index in [1.165, 1.54) is 19.3 Å². The Hall–Kier alpha value is -1.32. The first-order chi connectivity index (χ1) is 7.50. The average molecular weight is 220 g/mol. The summed E-state index contributed by atoms with van der Waals surface area (Å²) in [5, 5.41) is 3.41. The first-order valence-electron chi connectivity index (χ1n) is 5.85. The molecule has 1 aliphatic rings. The third-order valence-corrected chi connectivity index (χ3v) is 3.54. The normalized spacial score (nSPS) is 17.9. The highest BCUT2D eigenvalue weighted by atomic mass is 15.1. The van der Waals surface area contributed by atoms with E-state index in [0.717, 1.165) is 23.8 Å². The van der Waals surface area contributed by atoms with Gasteiger partial charge in [-0.1, -0.05) is 13.3 Å². The molecule has 1 heterocycles. The lowest BCUT2D eigenvalue weighted by molar-refractivity contribution is 0.180. The second-order valence-corrected chi connectivity index (χ2v) is 5.15. The van der Waals surface area contributed by atoms with Crippen LogP contribution in [0.4, 0.5) is 11.6 Å². The molecule has 0 spiro atoms. The summed E-state index contributed by atoms with van der Waals surface area (Å²) in [6.45, 7) is 7.12. The average Bonchev–Trinajstić information content (AvgIpc) is 2.18. The van der Waals surface area contributed by atoms with E-state index < -0.39 is 0 Å². The first-order valence-corrected chi connectivity index (χ1v) is 5.85. The molecule has 0 aromatic carbocycles. The highest BCUT2D eigenvalue weighted by molar-refractivity contribution is 5.54. The van der Waals surface area contributed by atoms with Crippen LogP contribution in [0.25, 0.3) is 0 Å². The predicted octanol–water partition coefficient (Wildman–Crippen LogP) is 2.28. The number of rotatable bonds is 3. The zero-order valence-corrected chi connectivity index (χ0v) is 10.3. The van der Waals surface area contributed by atoms with Crippen LogP contribution < -0.4 is 11.1 Å². The van der Waals surface area contributed by atoms with Gasteiger partial charge in [-0.05, 0) is 32.1 Å². The van der Waals surface area contributed by atoms with Crippen molar-refractivity contribution in [1.82, 2.24) is 9.97 Å². The Balaban J connectivity index is 2.09. The van der Waals surface area contributed by atoms with Crippen molar-refractivity contribution in [2.75, 3.05) is 17.6 Å². The SMILES string of the molecule is Cc1nc(N)c(C)c(NCC2(C)CCC2)n1. The van der Waals surface area contributed by atoms with E-state index in [-0.39, 0.29) is 0 Å². The van der Waals surface area contributed by atoms with Gasteiger partial charge in [0.25, 0.3) is 0 Å². The fourth-order valence-electron chi connectivity index (χ4n) is 2.08. The molecule has 0 amide bonds. The molecule has 1 aromatic rings. The second kappa shape index (κ2) is 3.92. The fourth-order valence-corrected chi connectivity index (χ4v) is 2.08. The van der Waals surface area contributed by atoms with E-state index in [0.29, 0.717) is 11.2 Å². The smallest absolute Gasteiger partial charge is 0.134 e. The molecule has 1 saturated carbocycles. The third-order valence-electron chi connectivity index (χ3n) is 3.54. The molecular formula is C12H20N4. The maximum Gasteiger partial charge on any atom is 0.134 e. The van der Waals surface area contributed by atoms with Gasteiger partial charge in [-0.3, -0.25) is 0 Å². The van der Waals surface area contributed by atoms with Crippen molar-refractivity contribution >= 4 is 11.6 Å². The van der Waals surface area contributed by atoms with Gasteiger partial charge in [-0.2, -0.15) is 0 Å². The monoisotopic (exact) mass is 220 g/mol. The molecule has 4 nitrogen and oxygen atoms in total. The molecule has 16 heavy (non-hydrogen) atoms. The van der Waals surface area contributed by atoms with E-state index in [1.54, 1.807) is 0 Å². The van der Waals surface area contributed by atoms with Crippen LogP contribution in [0, 0.1) is 19.3 Å². The molecule has 0 bridgehead atoms. The Labute approximate surface area is 96.7 Å². The number of nitrogens with two attached hydrogens (primary N) is 1. The van der Waals surface area contributed by atoms with Crippen molar-refractivity contribution in [3.63, 3.8) is 0 Å². The first kappa shape index (κ1) is 11.2. The topological polar surface area (TPSA) is 63.8 Å². The van der Waals surface area contributed by atoms with Gasteiger partial charge in [0.15, 0.2) is 0 Å². The lowest BCUT2D eigenvalue weighted by atomic mass is 9.70. The molecular weight excluding hydrogens is 200 g/mol. The number of nitrogens with one attached hydrogen (secondary N) is 1. The number of hydrogen-bond acceptors (Lipinski definition) is 4. The van der Waals surface area contributed by atoms with Crippen LogP contribution in [0.2, 0.25) is 0 Å². The summed E-state index contributed by atoms with van der Waals surface area (Å²) in [4.78, 5) is 8.53. The number of nitrogen functional groups attached to an aromatic ring is 1. The molecule has 4 heteroatoms. The van der Waals surface area contributed by atoms with Gasteiger partial charge in [0.2, 0.25) is 0 Å². The molecule has 0 radical (unpaired) electrons. The lowest BCUT2D eigenvalue weighted by Gasteiger charge is -2.38. The number of aryl methyl sites for hydroxylation is 1. The maximum atomic E-state index is 5.82. The molecule has 1 fully saturated rings. The minimum Gasteiger partial charge on any atom is -0.383 e. The van der Waals surface area contributed by atoms with E-state index in [9.17, 15) is 0 Å². The van der Waals surface area contributed by atoms with Crippen LogP contribution in [0.5, 0.6) is 0 Å². The maximum absolute atomic E-state index is 5.82. The zero-order chi connectivity index (χ0) is 11.8. The number of aromatic nitrogens is 2. The highest BCUT2D eigenvalue weighted by Crippen LogP contribution is 2.40. The van der Waals surface area contributed by atoms with Gasteiger partial charge in [0.05, 0.1) is 0 Å². The minimum atomic E-state index is 0.445. The summed E-state index contributed by atoms with van der Waals surface area (Å²) in [5.41, 5.74) is 7.21. The van der Waals surface area contributed by atoms with Crippen molar-refractivity contribution < 1.29 is 0 Å². The van der Waals surface area contributed by atoms with Gasteiger partial charge >= 0.3 is 0 Å². The number of nitrogens with zero attached hydrogens (tertiary/aromatic N) is 2. The highest BCUT2D eigenvalue weighted by Gasteiger charge is 2.31. The van der Waals surface area contributed by atoms with Crippen molar-refractivity contribution in [3.8, 4) is 0 Å². The number of hydrogen-bond donors (Lipinski definition) is 2. The van der Waals surface area contributed by atoms with Gasteiger partial charge < -0.3 is 11.1 Å². The quantitative estimate of drug-likeness (QED) is 0.820. The van der Waals surface area contributed by atoms with Crippen molar-refractivity contribution in [1.29, 1.82) is 0 Å². The van der Waals surface area contributed by atoms with E-state index in [1.807, 2.05) is 13.8 Å². The number of anilines is 2. The second-order valence-electron chi connectivity index (χ2n) is 5.15. The summed E-state index contributed by atoms with van der Waals surface area (Å²) in [6, 6.07) is 0. The Bertz CT molecular complexity index is 396. The largest absolute Gasteiger partial charge is 0.383 e. The molecule has 2 rings (SSSR count). The summed E-state index contributed by atoms with van der Waals surface area (Å²) in [6.07, 6.45) is 3.96. The van der Waals surface area contributed by atoms with Crippen LogP contribution in [0.3, 0.4) is 0 Å². The van der Waals surface area contributed by atoms with Crippen molar-refractivity contribution in [2.24, 2.45) is 5.41 Å². The summed E-state index contributed by atoms with van der Waals surface area (Å²) in [5.74, 6) is 2.19. The Morgan fingerprint density at radius 2 is 2.00 bits per heavy atom. The minimum absolute atomic E-state index is 0.445. The Kier molecular flexibility index (Phi) is 2.74. The van der Waals surface area contributed by atoms with E-state index in [4.69, 9.17) is 5.73 Å². The molecule has 1 aliphatic carbocycles. The van der Waals surface area contributed by atoms with Gasteiger partial charge in [-0.25, -0.2) is 9.97 Å². The summed E-state index contributed by atoms with van der Waals surface area (Å²) in [7, 11) is 0. The molecule has 1 aromatic heterocycles.